The molecule has 5 nitrogen and oxygen atoms in total. The minimum atomic E-state index is -0.353. The molecular formula is C17H10Cl2N2O3S2. The molecule has 0 fully saturated rings. The second-order valence-corrected chi connectivity index (χ2v) is 8.39. The van der Waals surface area contributed by atoms with Crippen molar-refractivity contribution in [2.45, 2.75) is 0 Å². The molecule has 4 rings (SSSR count). The number of aromatic nitrogens is 1. The average molecular weight is 425 g/mol. The van der Waals surface area contributed by atoms with Crippen molar-refractivity contribution in [2.24, 2.45) is 0 Å². The zero-order valence-electron chi connectivity index (χ0n) is 13.2. The summed E-state index contributed by atoms with van der Waals surface area (Å²) in [4.78, 5) is 16.7. The lowest BCUT2D eigenvalue weighted by Gasteiger charge is -1.99. The number of furan rings is 1. The number of ether oxygens (including phenoxy) is 1. The number of fused-ring (bicyclic) bond motifs is 1. The highest BCUT2D eigenvalue weighted by molar-refractivity contribution is 7.20. The number of benzene rings is 1. The molecule has 0 bridgehead atoms. The van der Waals surface area contributed by atoms with Crippen molar-refractivity contribution in [3.63, 3.8) is 0 Å². The van der Waals surface area contributed by atoms with Crippen LogP contribution < -0.4 is 10.1 Å². The summed E-state index contributed by atoms with van der Waals surface area (Å²) in [6.07, 6.45) is 0. The van der Waals surface area contributed by atoms with Gasteiger partial charge in [-0.1, -0.05) is 23.2 Å². The van der Waals surface area contributed by atoms with E-state index in [-0.39, 0.29) is 5.91 Å². The van der Waals surface area contributed by atoms with Gasteiger partial charge < -0.3 is 9.15 Å². The normalized spacial score (nSPS) is 11.0. The van der Waals surface area contributed by atoms with E-state index in [2.05, 4.69) is 10.3 Å². The predicted molar refractivity (Wildman–Crippen MR) is 106 cm³/mol. The largest absolute Gasteiger partial charge is 0.497 e. The molecule has 0 aliphatic heterocycles. The molecule has 3 heterocycles. The zero-order valence-corrected chi connectivity index (χ0v) is 16.4. The third-order valence-corrected chi connectivity index (χ3v) is 5.85. The summed E-state index contributed by atoms with van der Waals surface area (Å²) in [6, 6.07) is 8.98. The van der Waals surface area contributed by atoms with Crippen LogP contribution in [0, 0.1) is 0 Å². The van der Waals surface area contributed by atoms with E-state index < -0.39 is 0 Å². The van der Waals surface area contributed by atoms with Crippen LogP contribution in [0.15, 0.2) is 40.1 Å². The summed E-state index contributed by atoms with van der Waals surface area (Å²) in [5, 5.41) is 5.90. The molecule has 0 radical (unpaired) electrons. The van der Waals surface area contributed by atoms with Gasteiger partial charge in [0.2, 0.25) is 0 Å². The highest BCUT2D eigenvalue weighted by Crippen LogP contribution is 2.34. The number of anilines is 1. The van der Waals surface area contributed by atoms with Crippen molar-refractivity contribution in [1.82, 2.24) is 4.98 Å². The van der Waals surface area contributed by atoms with E-state index in [9.17, 15) is 4.79 Å². The molecule has 1 amide bonds. The monoisotopic (exact) mass is 424 g/mol. The average Bonchev–Trinajstić information content (AvgIpc) is 3.31. The number of carbonyl (C=O) groups is 1. The number of nitrogens with one attached hydrogen (secondary N) is 1. The zero-order chi connectivity index (χ0) is 18.3. The SMILES string of the molecule is COc1ccc2oc(-c3csc(NC(=O)c4cc(Cl)sc4Cl)n3)cc2c1. The Hall–Kier alpha value is -2.06. The van der Waals surface area contributed by atoms with E-state index in [0.29, 0.717) is 30.8 Å². The van der Waals surface area contributed by atoms with E-state index in [1.807, 2.05) is 29.6 Å². The van der Waals surface area contributed by atoms with Crippen molar-refractivity contribution in [3.05, 3.63) is 49.9 Å². The second-order valence-electron chi connectivity index (χ2n) is 5.24. The Bertz CT molecular complexity index is 1120. The minimum Gasteiger partial charge on any atom is -0.497 e. The maximum absolute atomic E-state index is 12.3. The molecule has 3 aromatic heterocycles. The smallest absolute Gasteiger partial charge is 0.259 e. The fraction of sp³-hybridized carbons (Fsp3) is 0.0588. The minimum absolute atomic E-state index is 0.328. The van der Waals surface area contributed by atoms with Crippen LogP contribution in [0.1, 0.15) is 10.4 Å². The van der Waals surface area contributed by atoms with Gasteiger partial charge in [-0.05, 0) is 30.3 Å². The number of rotatable bonds is 4. The van der Waals surface area contributed by atoms with E-state index in [1.165, 1.54) is 17.4 Å². The Balaban J connectivity index is 1.58. The quantitative estimate of drug-likeness (QED) is 0.424. The van der Waals surface area contributed by atoms with Crippen LogP contribution >= 0.6 is 45.9 Å². The Morgan fingerprint density at radius 2 is 2.12 bits per heavy atom. The third kappa shape index (κ3) is 3.31. The third-order valence-electron chi connectivity index (χ3n) is 3.60. The van der Waals surface area contributed by atoms with Crippen molar-refractivity contribution >= 4 is 67.9 Å². The van der Waals surface area contributed by atoms with Crippen LogP contribution in [0.25, 0.3) is 22.4 Å². The molecule has 9 heteroatoms. The first-order valence-electron chi connectivity index (χ1n) is 7.33. The number of methoxy groups -OCH3 is 1. The van der Waals surface area contributed by atoms with Gasteiger partial charge in [0.1, 0.15) is 21.4 Å². The van der Waals surface area contributed by atoms with Crippen molar-refractivity contribution in [1.29, 1.82) is 0 Å². The molecule has 26 heavy (non-hydrogen) atoms. The molecule has 1 N–H and O–H groups in total. The molecule has 1 aromatic carbocycles. The van der Waals surface area contributed by atoms with Crippen molar-refractivity contribution in [3.8, 4) is 17.2 Å². The molecule has 4 aromatic rings. The number of halogens is 2. The summed E-state index contributed by atoms with van der Waals surface area (Å²) in [5.41, 5.74) is 1.70. The van der Waals surface area contributed by atoms with Gasteiger partial charge in [-0.15, -0.1) is 22.7 Å². The number of nitrogens with zero attached hydrogens (tertiary/aromatic N) is 1. The maximum atomic E-state index is 12.3. The fourth-order valence-electron chi connectivity index (χ4n) is 2.38. The van der Waals surface area contributed by atoms with Crippen LogP contribution in [0.3, 0.4) is 0 Å². The highest BCUT2D eigenvalue weighted by atomic mass is 35.5. The van der Waals surface area contributed by atoms with E-state index in [4.69, 9.17) is 32.4 Å². The number of thiazole rings is 1. The Kier molecular flexibility index (Phi) is 4.62. The molecule has 0 atom stereocenters. The number of hydrogen-bond acceptors (Lipinski definition) is 6. The van der Waals surface area contributed by atoms with Gasteiger partial charge in [0, 0.05) is 10.8 Å². The van der Waals surface area contributed by atoms with Gasteiger partial charge in [0.25, 0.3) is 5.91 Å². The number of hydrogen-bond donors (Lipinski definition) is 1. The first kappa shape index (κ1) is 17.4. The summed E-state index contributed by atoms with van der Waals surface area (Å²) in [7, 11) is 1.62. The highest BCUT2D eigenvalue weighted by Gasteiger charge is 2.17. The van der Waals surface area contributed by atoms with Crippen molar-refractivity contribution in [2.75, 3.05) is 12.4 Å². The van der Waals surface area contributed by atoms with Crippen LogP contribution in [0.5, 0.6) is 5.75 Å². The fourth-order valence-corrected chi connectivity index (χ4v) is 4.53. The molecular weight excluding hydrogens is 415 g/mol. The van der Waals surface area contributed by atoms with Gasteiger partial charge in [-0.3, -0.25) is 10.1 Å². The lowest BCUT2D eigenvalue weighted by atomic mass is 10.2. The lowest BCUT2D eigenvalue weighted by molar-refractivity contribution is 0.102. The molecule has 0 unspecified atom stereocenters. The first-order chi connectivity index (χ1) is 12.5. The molecule has 0 aliphatic rings. The van der Waals surface area contributed by atoms with Crippen LogP contribution in [-0.2, 0) is 0 Å². The van der Waals surface area contributed by atoms with E-state index in [1.54, 1.807) is 7.11 Å². The Morgan fingerprint density at radius 1 is 1.27 bits per heavy atom. The molecule has 0 saturated carbocycles. The van der Waals surface area contributed by atoms with Gasteiger partial charge in [0.05, 0.1) is 17.0 Å². The number of amides is 1. The first-order valence-corrected chi connectivity index (χ1v) is 9.78. The molecule has 132 valence electrons. The van der Waals surface area contributed by atoms with E-state index >= 15 is 0 Å². The van der Waals surface area contributed by atoms with Gasteiger partial charge in [-0.25, -0.2) is 4.98 Å². The van der Waals surface area contributed by atoms with Crippen LogP contribution in [0.2, 0.25) is 8.67 Å². The number of thiophene rings is 1. The summed E-state index contributed by atoms with van der Waals surface area (Å²) >= 11 is 14.3. The maximum Gasteiger partial charge on any atom is 0.259 e. The topological polar surface area (TPSA) is 64.4 Å². The second kappa shape index (κ2) is 6.92. The predicted octanol–water partition coefficient (Wildman–Crippen LogP) is 6.19. The van der Waals surface area contributed by atoms with Gasteiger partial charge in [0.15, 0.2) is 10.9 Å². The van der Waals surface area contributed by atoms with Gasteiger partial charge in [-0.2, -0.15) is 0 Å². The molecule has 0 spiro atoms. The summed E-state index contributed by atoms with van der Waals surface area (Å²) in [5.74, 6) is 1.01. The van der Waals surface area contributed by atoms with Crippen LogP contribution in [0.4, 0.5) is 5.13 Å². The summed E-state index contributed by atoms with van der Waals surface area (Å²) in [6.45, 7) is 0. The van der Waals surface area contributed by atoms with Gasteiger partial charge >= 0.3 is 0 Å². The molecule has 0 aliphatic carbocycles. The van der Waals surface area contributed by atoms with Crippen LogP contribution in [-0.4, -0.2) is 18.0 Å². The van der Waals surface area contributed by atoms with E-state index in [0.717, 1.165) is 28.1 Å². The van der Waals surface area contributed by atoms with Crippen molar-refractivity contribution < 1.29 is 13.9 Å². The molecule has 0 saturated heterocycles. The Morgan fingerprint density at radius 3 is 2.85 bits per heavy atom. The summed E-state index contributed by atoms with van der Waals surface area (Å²) < 4.78 is 11.8. The number of carbonyl (C=O) groups excluding carboxylic acids is 1. The lowest BCUT2D eigenvalue weighted by Crippen LogP contribution is -2.11. The standard InChI is InChI=1S/C17H10Cl2N2O3S2/c1-23-9-2-3-12-8(4-9)5-13(24-12)11-7-25-17(20-11)21-16(22)10-6-14(18)26-15(10)19/h2-7H,1H3,(H,20,21,22). The Labute approximate surface area is 166 Å².